The van der Waals surface area contributed by atoms with Gasteiger partial charge in [0.1, 0.15) is 12.4 Å². The molecular formula is C18H17F3N4O2S. The Balaban J connectivity index is 2.05. The number of ether oxygens (including phenoxy) is 1. The molecule has 0 atom stereocenters. The van der Waals surface area contributed by atoms with Gasteiger partial charge in [-0.25, -0.2) is 4.79 Å². The molecule has 1 heterocycles. The maximum absolute atomic E-state index is 13.0. The molecule has 6 nitrogen and oxygen atoms in total. The number of nitrogens with zero attached hydrogens (tertiary/aromatic N) is 4. The van der Waals surface area contributed by atoms with Crippen molar-refractivity contribution in [1.29, 1.82) is 0 Å². The van der Waals surface area contributed by atoms with Crippen LogP contribution in [-0.2, 0) is 20.1 Å². The largest absolute Gasteiger partial charge is 0.489 e. The maximum Gasteiger partial charge on any atom is 0.446 e. The molecule has 0 N–H and O–H groups in total. The summed E-state index contributed by atoms with van der Waals surface area (Å²) in [5, 5.41) is 7.37. The molecule has 0 saturated carbocycles. The van der Waals surface area contributed by atoms with Gasteiger partial charge in [-0.15, -0.1) is 0 Å². The van der Waals surface area contributed by atoms with Gasteiger partial charge in [0.25, 0.3) is 0 Å². The second-order valence-electron chi connectivity index (χ2n) is 5.85. The lowest BCUT2D eigenvalue weighted by Gasteiger charge is -2.16. The minimum atomic E-state index is -4.48. The van der Waals surface area contributed by atoms with Gasteiger partial charge in [0.05, 0.1) is 5.69 Å². The van der Waals surface area contributed by atoms with Gasteiger partial charge in [-0.1, -0.05) is 31.2 Å². The number of hydrogen-bond acceptors (Lipinski definition) is 5. The number of hydrogen-bond donors (Lipinski definition) is 0. The van der Waals surface area contributed by atoms with Gasteiger partial charge in [0.2, 0.25) is 0 Å². The first-order valence-electron chi connectivity index (χ1n) is 8.38. The molecule has 3 rings (SSSR count). The van der Waals surface area contributed by atoms with E-state index < -0.39 is 11.2 Å². The Bertz CT molecular complexity index is 1030. The maximum atomic E-state index is 13.0. The third-order valence-electron chi connectivity index (χ3n) is 4.01. The molecule has 2 aromatic carbocycles. The lowest BCUT2D eigenvalue weighted by atomic mass is 10.1. The average molecular weight is 410 g/mol. The van der Waals surface area contributed by atoms with Crippen molar-refractivity contribution in [2.24, 2.45) is 7.05 Å². The predicted molar refractivity (Wildman–Crippen MR) is 98.7 cm³/mol. The van der Waals surface area contributed by atoms with E-state index in [1.807, 2.05) is 19.1 Å². The number of aryl methyl sites for hydroxylation is 2. The Morgan fingerprint density at radius 3 is 2.50 bits per heavy atom. The van der Waals surface area contributed by atoms with Gasteiger partial charge < -0.3 is 4.74 Å². The van der Waals surface area contributed by atoms with Crippen molar-refractivity contribution in [1.82, 2.24) is 19.8 Å². The van der Waals surface area contributed by atoms with Crippen LogP contribution in [0.5, 0.6) is 5.75 Å². The van der Waals surface area contributed by atoms with Crippen LogP contribution in [0, 0.1) is 0 Å². The van der Waals surface area contributed by atoms with E-state index in [0.717, 1.165) is 14.9 Å². The zero-order valence-corrected chi connectivity index (χ0v) is 15.9. The second kappa shape index (κ2) is 8.09. The zero-order chi connectivity index (χ0) is 20.3. The van der Waals surface area contributed by atoms with E-state index in [9.17, 15) is 18.0 Å². The van der Waals surface area contributed by atoms with Gasteiger partial charge in [-0.3, -0.25) is 0 Å². The van der Waals surface area contributed by atoms with Crippen LogP contribution in [0.2, 0.25) is 0 Å². The number of halogens is 3. The van der Waals surface area contributed by atoms with E-state index in [1.54, 1.807) is 12.1 Å². The van der Waals surface area contributed by atoms with Crippen LogP contribution >= 0.6 is 11.8 Å². The molecule has 0 fully saturated rings. The average Bonchev–Trinajstić information content (AvgIpc) is 2.98. The van der Waals surface area contributed by atoms with Crippen LogP contribution in [-0.4, -0.2) is 25.3 Å². The summed E-state index contributed by atoms with van der Waals surface area (Å²) in [4.78, 5) is 12.2. The number of aromatic nitrogens is 4. The van der Waals surface area contributed by atoms with E-state index >= 15 is 0 Å². The van der Waals surface area contributed by atoms with Gasteiger partial charge in [0.15, 0.2) is 0 Å². The molecule has 0 aliphatic carbocycles. The first kappa shape index (κ1) is 20.0. The third-order valence-corrected chi connectivity index (χ3v) is 4.84. The fourth-order valence-corrected chi connectivity index (χ4v) is 3.35. The summed E-state index contributed by atoms with van der Waals surface area (Å²) in [7, 11) is 1.41. The molecule has 3 aromatic rings. The fraction of sp³-hybridized carbons (Fsp3) is 0.278. The van der Waals surface area contributed by atoms with Crippen molar-refractivity contribution in [3.63, 3.8) is 0 Å². The van der Waals surface area contributed by atoms with E-state index in [-0.39, 0.29) is 34.5 Å². The molecular weight excluding hydrogens is 393 g/mol. The normalized spacial score (nSPS) is 11.6. The monoisotopic (exact) mass is 410 g/mol. The van der Waals surface area contributed by atoms with Crippen molar-refractivity contribution in [2.75, 3.05) is 0 Å². The predicted octanol–water partition coefficient (Wildman–Crippen LogP) is 3.72. The summed E-state index contributed by atoms with van der Waals surface area (Å²) in [6.07, 6.45) is 0.714. The smallest absolute Gasteiger partial charge is 0.446 e. The number of para-hydroxylation sites is 1. The summed E-state index contributed by atoms with van der Waals surface area (Å²) >= 11 is -0.256. The molecule has 0 aliphatic rings. The van der Waals surface area contributed by atoms with E-state index in [2.05, 4.69) is 10.4 Å². The Labute approximate surface area is 162 Å². The van der Waals surface area contributed by atoms with Crippen LogP contribution < -0.4 is 10.4 Å². The summed E-state index contributed by atoms with van der Waals surface area (Å²) in [5.74, 6) is 0.578. The van der Waals surface area contributed by atoms with Crippen LogP contribution in [0.1, 0.15) is 18.1 Å². The lowest BCUT2D eigenvalue weighted by Crippen LogP contribution is -2.23. The number of thioether (sulfide) groups is 1. The molecule has 148 valence electrons. The number of tetrazole rings is 1. The van der Waals surface area contributed by atoms with Gasteiger partial charge in [-0.05, 0) is 52.4 Å². The van der Waals surface area contributed by atoms with Crippen molar-refractivity contribution in [3.8, 4) is 11.4 Å². The first-order valence-corrected chi connectivity index (χ1v) is 9.19. The third kappa shape index (κ3) is 4.38. The highest BCUT2D eigenvalue weighted by molar-refractivity contribution is 8.00. The van der Waals surface area contributed by atoms with Crippen LogP contribution in [0.4, 0.5) is 13.2 Å². The molecule has 0 aliphatic heterocycles. The quantitative estimate of drug-likeness (QED) is 0.580. The van der Waals surface area contributed by atoms with Crippen molar-refractivity contribution in [2.45, 2.75) is 30.4 Å². The Morgan fingerprint density at radius 1 is 1.11 bits per heavy atom. The number of benzene rings is 2. The Hall–Kier alpha value is -2.75. The highest BCUT2D eigenvalue weighted by Crippen LogP contribution is 2.40. The van der Waals surface area contributed by atoms with Crippen molar-refractivity contribution >= 4 is 11.8 Å². The van der Waals surface area contributed by atoms with E-state index in [0.29, 0.717) is 12.2 Å². The molecule has 0 bridgehead atoms. The van der Waals surface area contributed by atoms with E-state index in [4.69, 9.17) is 4.74 Å². The second-order valence-corrected chi connectivity index (χ2v) is 6.96. The number of rotatable bonds is 6. The fourth-order valence-electron chi connectivity index (χ4n) is 2.67. The van der Waals surface area contributed by atoms with Crippen molar-refractivity contribution in [3.05, 3.63) is 64.1 Å². The molecule has 0 unspecified atom stereocenters. The summed E-state index contributed by atoms with van der Waals surface area (Å²) in [5.41, 5.74) is -3.71. The molecule has 0 spiro atoms. The summed E-state index contributed by atoms with van der Waals surface area (Å²) < 4.78 is 46.9. The van der Waals surface area contributed by atoms with Gasteiger partial charge in [0, 0.05) is 17.5 Å². The molecule has 1 aromatic heterocycles. The standard InChI is InChI=1S/C18H17F3N4O2S/c1-3-12-7-4-5-9-15(12)27-11-13-14(25-17(26)24(2)22-23-25)8-6-10-16(13)28-18(19,20)21/h4-10H,3,11H2,1-2H3. The minimum Gasteiger partial charge on any atom is -0.489 e. The first-order chi connectivity index (χ1) is 13.3. The summed E-state index contributed by atoms with van der Waals surface area (Å²) in [6.45, 7) is 1.80. The molecule has 0 amide bonds. The highest BCUT2D eigenvalue weighted by atomic mass is 32.2. The zero-order valence-electron chi connectivity index (χ0n) is 15.1. The molecule has 0 saturated heterocycles. The van der Waals surface area contributed by atoms with Gasteiger partial charge in [-0.2, -0.15) is 22.5 Å². The van der Waals surface area contributed by atoms with Gasteiger partial charge >= 0.3 is 11.2 Å². The minimum absolute atomic E-state index is 0.0588. The molecule has 28 heavy (non-hydrogen) atoms. The number of alkyl halides is 3. The summed E-state index contributed by atoms with van der Waals surface area (Å²) in [6, 6.07) is 11.6. The van der Waals surface area contributed by atoms with Crippen LogP contribution in [0.15, 0.2) is 52.2 Å². The highest BCUT2D eigenvalue weighted by Gasteiger charge is 2.31. The van der Waals surface area contributed by atoms with Crippen LogP contribution in [0.3, 0.4) is 0 Å². The topological polar surface area (TPSA) is 61.9 Å². The lowest BCUT2D eigenvalue weighted by molar-refractivity contribution is -0.0328. The SMILES string of the molecule is CCc1ccccc1OCc1c(SC(F)(F)F)cccc1-n1nnn(C)c1=O. The Morgan fingerprint density at radius 2 is 1.86 bits per heavy atom. The van der Waals surface area contributed by atoms with E-state index in [1.165, 1.54) is 25.2 Å². The Kier molecular flexibility index (Phi) is 5.78. The van der Waals surface area contributed by atoms with Crippen LogP contribution in [0.25, 0.3) is 5.69 Å². The molecule has 0 radical (unpaired) electrons. The molecule has 10 heteroatoms. The van der Waals surface area contributed by atoms with Crippen molar-refractivity contribution < 1.29 is 17.9 Å².